The number of hydrogen-bond donors (Lipinski definition) is 1. The first-order valence-electron chi connectivity index (χ1n) is 10.6. The number of Topliss-reactive ketones (excluding diaryl/α,β-unsaturated/α-hetero) is 1. The van der Waals surface area contributed by atoms with Crippen LogP contribution in [0.2, 0.25) is 5.02 Å². The summed E-state index contributed by atoms with van der Waals surface area (Å²) in [5.74, 6) is -0.150. The number of pyridine rings is 2. The molecule has 3 heterocycles. The normalized spacial score (nSPS) is 10.8. The van der Waals surface area contributed by atoms with Crippen LogP contribution in [0.3, 0.4) is 0 Å². The average molecular weight is 495 g/mol. The van der Waals surface area contributed by atoms with Gasteiger partial charge in [-0.3, -0.25) is 14.6 Å². The molecule has 4 aromatic rings. The lowest BCUT2D eigenvalue weighted by molar-refractivity contribution is -0.112. The van der Waals surface area contributed by atoms with Crippen LogP contribution in [0.5, 0.6) is 17.4 Å². The predicted molar refractivity (Wildman–Crippen MR) is 132 cm³/mol. The third kappa shape index (κ3) is 4.76. The smallest absolute Gasteiger partial charge is 0.296 e. The Morgan fingerprint density at radius 1 is 1.03 bits per heavy atom. The Kier molecular flexibility index (Phi) is 6.88. The number of halogens is 1. The van der Waals surface area contributed by atoms with E-state index in [1.165, 1.54) is 26.5 Å². The Hall–Kier alpha value is -4.11. The van der Waals surface area contributed by atoms with Gasteiger partial charge in [0.2, 0.25) is 5.88 Å². The van der Waals surface area contributed by atoms with Crippen molar-refractivity contribution in [3.63, 3.8) is 0 Å². The fraction of sp³-hybridized carbons (Fsp3) is 0.200. The summed E-state index contributed by atoms with van der Waals surface area (Å²) in [5, 5.41) is 3.55. The number of carbonyl (C=O) groups is 2. The lowest BCUT2D eigenvalue weighted by Crippen LogP contribution is -2.23. The van der Waals surface area contributed by atoms with Gasteiger partial charge in [0.05, 0.1) is 55.9 Å². The van der Waals surface area contributed by atoms with Crippen LogP contribution in [0.1, 0.15) is 21.7 Å². The van der Waals surface area contributed by atoms with Crippen molar-refractivity contribution in [1.82, 2.24) is 14.5 Å². The molecule has 0 radical (unpaired) electrons. The SMILES string of the molecule is COc1ccc(Cn2c(C)c(C(=O)C(=O)Nc3ccnc(OC)c3)c3cc(OC)c(Cl)cc32)nc1. The van der Waals surface area contributed by atoms with E-state index in [2.05, 4.69) is 15.3 Å². The second-order valence-electron chi connectivity index (χ2n) is 7.61. The molecule has 0 saturated heterocycles. The molecule has 1 N–H and O–H groups in total. The van der Waals surface area contributed by atoms with Gasteiger partial charge >= 0.3 is 0 Å². The summed E-state index contributed by atoms with van der Waals surface area (Å²) in [5.41, 5.74) is 2.65. The van der Waals surface area contributed by atoms with Gasteiger partial charge in [-0.25, -0.2) is 4.98 Å². The highest BCUT2D eigenvalue weighted by Crippen LogP contribution is 2.35. The molecule has 0 bridgehead atoms. The van der Waals surface area contributed by atoms with E-state index in [0.29, 0.717) is 51.2 Å². The number of nitrogens with zero attached hydrogens (tertiary/aromatic N) is 3. The van der Waals surface area contributed by atoms with Crippen molar-refractivity contribution in [3.8, 4) is 17.4 Å². The van der Waals surface area contributed by atoms with Crippen molar-refractivity contribution >= 4 is 39.9 Å². The van der Waals surface area contributed by atoms with Crippen LogP contribution in [0.15, 0.2) is 48.8 Å². The molecule has 4 rings (SSSR count). The van der Waals surface area contributed by atoms with Crippen LogP contribution in [0.25, 0.3) is 10.9 Å². The average Bonchev–Trinajstić information content (AvgIpc) is 3.13. The molecule has 0 fully saturated rings. The molecule has 1 aromatic carbocycles. The quantitative estimate of drug-likeness (QED) is 0.288. The van der Waals surface area contributed by atoms with Crippen molar-refractivity contribution in [3.05, 3.63) is 70.8 Å². The van der Waals surface area contributed by atoms with Gasteiger partial charge in [-0.15, -0.1) is 0 Å². The number of fused-ring (bicyclic) bond motifs is 1. The summed E-state index contributed by atoms with van der Waals surface area (Å²) >= 11 is 6.41. The number of benzene rings is 1. The molecule has 0 saturated carbocycles. The van der Waals surface area contributed by atoms with Crippen LogP contribution in [-0.2, 0) is 11.3 Å². The summed E-state index contributed by atoms with van der Waals surface area (Å²) in [6.07, 6.45) is 3.10. The van der Waals surface area contributed by atoms with Crippen molar-refractivity contribution < 1.29 is 23.8 Å². The van der Waals surface area contributed by atoms with Crippen LogP contribution >= 0.6 is 11.6 Å². The molecule has 0 spiro atoms. The van der Waals surface area contributed by atoms with E-state index in [1.54, 1.807) is 38.4 Å². The molecule has 9 nitrogen and oxygen atoms in total. The minimum absolute atomic E-state index is 0.252. The largest absolute Gasteiger partial charge is 0.495 e. The maximum atomic E-state index is 13.4. The first-order valence-corrected chi connectivity index (χ1v) is 10.9. The molecule has 10 heteroatoms. The molecule has 1 amide bonds. The van der Waals surface area contributed by atoms with E-state index in [4.69, 9.17) is 25.8 Å². The summed E-state index contributed by atoms with van der Waals surface area (Å²) < 4.78 is 17.5. The maximum absolute atomic E-state index is 13.4. The van der Waals surface area contributed by atoms with Gasteiger partial charge < -0.3 is 24.1 Å². The fourth-order valence-electron chi connectivity index (χ4n) is 3.81. The number of amides is 1. The summed E-state index contributed by atoms with van der Waals surface area (Å²) in [6.45, 7) is 2.13. The highest BCUT2D eigenvalue weighted by Gasteiger charge is 2.27. The van der Waals surface area contributed by atoms with Gasteiger partial charge in [-0.05, 0) is 37.3 Å². The van der Waals surface area contributed by atoms with Gasteiger partial charge in [0, 0.05) is 29.0 Å². The standard InChI is InChI=1S/C25H23ClN4O5/c1-14-23(24(31)25(32)29-15-7-8-27-22(9-15)35-4)18-10-21(34-3)19(26)11-20(18)30(14)13-16-5-6-17(33-2)12-28-16/h5-12H,13H2,1-4H3,(H,27,29,32). The lowest BCUT2D eigenvalue weighted by atomic mass is 10.1. The Morgan fingerprint density at radius 3 is 2.49 bits per heavy atom. The molecule has 3 aromatic heterocycles. The molecule has 0 unspecified atom stereocenters. The third-order valence-electron chi connectivity index (χ3n) is 5.59. The molecule has 35 heavy (non-hydrogen) atoms. The highest BCUT2D eigenvalue weighted by molar-refractivity contribution is 6.49. The van der Waals surface area contributed by atoms with Crippen molar-refractivity contribution in [1.29, 1.82) is 0 Å². The van der Waals surface area contributed by atoms with Crippen molar-refractivity contribution in [2.75, 3.05) is 26.6 Å². The van der Waals surface area contributed by atoms with Gasteiger partial charge in [0.15, 0.2) is 0 Å². The number of methoxy groups -OCH3 is 3. The van der Waals surface area contributed by atoms with Crippen molar-refractivity contribution in [2.24, 2.45) is 0 Å². The van der Waals surface area contributed by atoms with E-state index in [0.717, 1.165) is 5.69 Å². The maximum Gasteiger partial charge on any atom is 0.296 e. The van der Waals surface area contributed by atoms with Crippen molar-refractivity contribution in [2.45, 2.75) is 13.5 Å². The molecular weight excluding hydrogens is 472 g/mol. The molecule has 0 atom stereocenters. The second-order valence-corrected chi connectivity index (χ2v) is 8.02. The molecular formula is C25H23ClN4O5. The minimum Gasteiger partial charge on any atom is -0.495 e. The van der Waals surface area contributed by atoms with E-state index in [9.17, 15) is 9.59 Å². The van der Waals surface area contributed by atoms with E-state index < -0.39 is 11.7 Å². The second kappa shape index (κ2) is 10.0. The number of anilines is 1. The number of aromatic nitrogens is 3. The monoisotopic (exact) mass is 494 g/mol. The van der Waals surface area contributed by atoms with Gasteiger partial charge in [0.25, 0.3) is 11.7 Å². The van der Waals surface area contributed by atoms with E-state index >= 15 is 0 Å². The predicted octanol–water partition coefficient (Wildman–Crippen LogP) is 4.29. The first-order chi connectivity index (χ1) is 16.9. The molecule has 0 aliphatic rings. The first kappa shape index (κ1) is 24.0. The van der Waals surface area contributed by atoms with Gasteiger partial charge in [0.1, 0.15) is 11.5 Å². The minimum atomic E-state index is -0.795. The number of hydrogen-bond acceptors (Lipinski definition) is 7. The lowest BCUT2D eigenvalue weighted by Gasteiger charge is -2.10. The van der Waals surface area contributed by atoms with Crippen LogP contribution < -0.4 is 19.5 Å². The molecule has 180 valence electrons. The topological polar surface area (TPSA) is 105 Å². The van der Waals surface area contributed by atoms with Crippen LogP contribution in [0, 0.1) is 6.92 Å². The zero-order chi connectivity index (χ0) is 25.1. The van der Waals surface area contributed by atoms with E-state index in [1.807, 2.05) is 16.7 Å². The Labute approximate surface area is 206 Å². The molecule has 0 aliphatic carbocycles. The fourth-order valence-corrected chi connectivity index (χ4v) is 4.05. The zero-order valence-electron chi connectivity index (χ0n) is 19.6. The van der Waals surface area contributed by atoms with Crippen LogP contribution in [-0.4, -0.2) is 47.6 Å². The summed E-state index contributed by atoms with van der Waals surface area (Å²) in [7, 11) is 4.53. The number of carbonyl (C=O) groups excluding carboxylic acids is 2. The number of rotatable bonds is 8. The third-order valence-corrected chi connectivity index (χ3v) is 5.88. The Balaban J connectivity index is 1.77. The summed E-state index contributed by atoms with van der Waals surface area (Å²) in [4.78, 5) is 34.8. The zero-order valence-corrected chi connectivity index (χ0v) is 20.3. The van der Waals surface area contributed by atoms with Gasteiger partial charge in [-0.2, -0.15) is 0 Å². The Bertz CT molecular complexity index is 1420. The number of ether oxygens (including phenoxy) is 3. The number of ketones is 1. The Morgan fingerprint density at radius 2 is 1.83 bits per heavy atom. The van der Waals surface area contributed by atoms with Crippen LogP contribution in [0.4, 0.5) is 5.69 Å². The van der Waals surface area contributed by atoms with E-state index in [-0.39, 0.29) is 5.56 Å². The number of nitrogens with one attached hydrogen (secondary N) is 1. The highest BCUT2D eigenvalue weighted by atomic mass is 35.5. The molecule has 0 aliphatic heterocycles. The summed E-state index contributed by atoms with van der Waals surface area (Å²) in [6, 6.07) is 10.1. The van der Waals surface area contributed by atoms with Gasteiger partial charge in [-0.1, -0.05) is 11.6 Å².